The molecule has 0 aromatic heterocycles. The van der Waals surface area contributed by atoms with Gasteiger partial charge < -0.3 is 15.4 Å². The van der Waals surface area contributed by atoms with Crippen molar-refractivity contribution in [2.45, 2.75) is 32.5 Å². The third-order valence-corrected chi connectivity index (χ3v) is 2.33. The van der Waals surface area contributed by atoms with Crippen molar-refractivity contribution in [1.82, 2.24) is 5.32 Å². The van der Waals surface area contributed by atoms with Crippen LogP contribution in [0.2, 0.25) is 0 Å². The Morgan fingerprint density at radius 1 is 1.19 bits per heavy atom. The van der Waals surface area contributed by atoms with Gasteiger partial charge >= 0.3 is 6.18 Å². The minimum absolute atomic E-state index is 0.0149. The van der Waals surface area contributed by atoms with Crippen molar-refractivity contribution < 1.29 is 22.7 Å². The number of benzene rings is 1. The van der Waals surface area contributed by atoms with Crippen LogP contribution in [0.1, 0.15) is 20.8 Å². The van der Waals surface area contributed by atoms with E-state index in [1.54, 1.807) is 6.07 Å². The fourth-order valence-corrected chi connectivity index (χ4v) is 1.40. The fourth-order valence-electron chi connectivity index (χ4n) is 1.40. The maximum Gasteiger partial charge on any atom is 0.422 e. The average Bonchev–Trinajstić information content (AvgIpc) is 2.33. The number of carbonyl (C=O) groups excluding carboxylic acids is 1. The first-order valence-electron chi connectivity index (χ1n) is 6.40. The van der Waals surface area contributed by atoms with Crippen molar-refractivity contribution in [3.63, 3.8) is 0 Å². The topological polar surface area (TPSA) is 50.4 Å². The van der Waals surface area contributed by atoms with Crippen LogP contribution in [0.4, 0.5) is 18.9 Å². The summed E-state index contributed by atoms with van der Waals surface area (Å²) in [5.74, 6) is -0.369. The van der Waals surface area contributed by atoms with E-state index in [4.69, 9.17) is 0 Å². The molecule has 1 amide bonds. The van der Waals surface area contributed by atoms with Crippen LogP contribution in [0.25, 0.3) is 0 Å². The highest BCUT2D eigenvalue weighted by Crippen LogP contribution is 2.26. The number of para-hydroxylation sites is 2. The minimum atomic E-state index is -4.43. The van der Waals surface area contributed by atoms with Gasteiger partial charge in [-0.15, -0.1) is 0 Å². The zero-order valence-corrected chi connectivity index (χ0v) is 12.2. The Hall–Kier alpha value is -1.76. The van der Waals surface area contributed by atoms with Gasteiger partial charge in [0.1, 0.15) is 5.75 Å². The molecule has 21 heavy (non-hydrogen) atoms. The molecule has 0 saturated heterocycles. The number of ether oxygens (including phenoxy) is 1. The zero-order valence-electron chi connectivity index (χ0n) is 12.2. The molecule has 4 nitrogen and oxygen atoms in total. The lowest BCUT2D eigenvalue weighted by atomic mass is 10.1. The van der Waals surface area contributed by atoms with E-state index in [9.17, 15) is 18.0 Å². The number of alkyl halides is 3. The summed E-state index contributed by atoms with van der Waals surface area (Å²) < 4.78 is 41.2. The van der Waals surface area contributed by atoms with Gasteiger partial charge in [-0.1, -0.05) is 12.1 Å². The highest BCUT2D eigenvalue weighted by Gasteiger charge is 2.28. The molecule has 0 spiro atoms. The zero-order chi connectivity index (χ0) is 16.1. The number of carbonyl (C=O) groups is 1. The van der Waals surface area contributed by atoms with Crippen LogP contribution >= 0.6 is 0 Å². The van der Waals surface area contributed by atoms with E-state index < -0.39 is 12.8 Å². The van der Waals surface area contributed by atoms with E-state index in [1.165, 1.54) is 18.2 Å². The molecule has 0 saturated carbocycles. The van der Waals surface area contributed by atoms with Crippen molar-refractivity contribution in [3.05, 3.63) is 24.3 Å². The van der Waals surface area contributed by atoms with Gasteiger partial charge in [0.2, 0.25) is 5.91 Å². The quantitative estimate of drug-likeness (QED) is 0.879. The second-order valence-electron chi connectivity index (χ2n) is 5.55. The van der Waals surface area contributed by atoms with Crippen molar-refractivity contribution in [1.29, 1.82) is 0 Å². The number of halogens is 3. The molecule has 1 rings (SSSR count). The Morgan fingerprint density at radius 3 is 2.38 bits per heavy atom. The molecule has 0 radical (unpaired) electrons. The summed E-state index contributed by atoms with van der Waals surface area (Å²) in [6.07, 6.45) is -4.43. The molecule has 0 aliphatic carbocycles. The van der Waals surface area contributed by atoms with Crippen LogP contribution < -0.4 is 15.4 Å². The molecular formula is C14H19F3N2O2. The second kappa shape index (κ2) is 6.80. The lowest BCUT2D eigenvalue weighted by Crippen LogP contribution is -2.41. The van der Waals surface area contributed by atoms with E-state index >= 15 is 0 Å². The number of anilines is 1. The molecule has 1 aromatic rings. The molecule has 118 valence electrons. The molecular weight excluding hydrogens is 285 g/mol. The summed E-state index contributed by atoms with van der Waals surface area (Å²) in [6, 6.07) is 6.00. The first-order valence-corrected chi connectivity index (χ1v) is 6.40. The van der Waals surface area contributed by atoms with Gasteiger partial charge in [-0.25, -0.2) is 0 Å². The number of amides is 1. The van der Waals surface area contributed by atoms with Crippen LogP contribution in [-0.4, -0.2) is 30.8 Å². The van der Waals surface area contributed by atoms with Crippen LogP contribution in [0.3, 0.4) is 0 Å². The van der Waals surface area contributed by atoms with Crippen LogP contribution in [0, 0.1) is 0 Å². The van der Waals surface area contributed by atoms with Crippen LogP contribution in [-0.2, 0) is 4.79 Å². The largest absolute Gasteiger partial charge is 0.482 e. The smallest absolute Gasteiger partial charge is 0.422 e. The Balaban J connectivity index is 2.64. The molecule has 0 bridgehead atoms. The number of hydrogen-bond donors (Lipinski definition) is 2. The maximum atomic E-state index is 12.2. The van der Waals surface area contributed by atoms with Crippen molar-refractivity contribution in [2.75, 3.05) is 18.5 Å². The van der Waals surface area contributed by atoms with Crippen molar-refractivity contribution >= 4 is 11.6 Å². The minimum Gasteiger partial charge on any atom is -0.482 e. The Kier molecular flexibility index (Phi) is 5.60. The molecule has 0 aliphatic rings. The third-order valence-electron chi connectivity index (χ3n) is 2.33. The van der Waals surface area contributed by atoms with Gasteiger partial charge in [-0.3, -0.25) is 4.79 Å². The summed E-state index contributed by atoms with van der Waals surface area (Å²) in [5.41, 5.74) is -0.0219. The van der Waals surface area contributed by atoms with E-state index in [1.807, 2.05) is 20.8 Å². The Labute approximate surface area is 121 Å². The first kappa shape index (κ1) is 17.3. The second-order valence-corrected chi connectivity index (χ2v) is 5.55. The van der Waals surface area contributed by atoms with Crippen LogP contribution in [0.15, 0.2) is 24.3 Å². The van der Waals surface area contributed by atoms with Gasteiger partial charge in [0.05, 0.1) is 12.2 Å². The molecule has 0 unspecified atom stereocenters. The van der Waals surface area contributed by atoms with Gasteiger partial charge in [0.15, 0.2) is 6.61 Å². The Morgan fingerprint density at radius 2 is 1.81 bits per heavy atom. The predicted molar refractivity (Wildman–Crippen MR) is 74.4 cm³/mol. The maximum absolute atomic E-state index is 12.2. The molecule has 2 N–H and O–H groups in total. The standard InChI is InChI=1S/C14H19F3N2O2/c1-13(2,3)18-8-12(20)19-10-6-4-5-7-11(10)21-9-14(15,16)17/h4-7,18H,8-9H2,1-3H3,(H,19,20). The van der Waals surface area contributed by atoms with Gasteiger partial charge in [-0.2, -0.15) is 13.2 Å². The Bertz CT molecular complexity index is 482. The highest BCUT2D eigenvalue weighted by atomic mass is 19.4. The summed E-state index contributed by atoms with van der Waals surface area (Å²) >= 11 is 0. The van der Waals surface area contributed by atoms with E-state index in [0.717, 1.165) is 0 Å². The SMILES string of the molecule is CC(C)(C)NCC(=O)Nc1ccccc1OCC(F)(F)F. The third kappa shape index (κ3) is 7.55. The van der Waals surface area contributed by atoms with Gasteiger partial charge in [0, 0.05) is 5.54 Å². The van der Waals surface area contributed by atoms with Crippen molar-refractivity contribution in [2.24, 2.45) is 0 Å². The molecule has 1 aromatic carbocycles. The number of hydrogen-bond acceptors (Lipinski definition) is 3. The van der Waals surface area contributed by atoms with E-state index in [2.05, 4.69) is 15.4 Å². The number of nitrogens with one attached hydrogen (secondary N) is 2. The van der Waals surface area contributed by atoms with Crippen LogP contribution in [0.5, 0.6) is 5.75 Å². The summed E-state index contributed by atoms with van der Waals surface area (Å²) in [7, 11) is 0. The number of rotatable bonds is 5. The predicted octanol–water partition coefficient (Wildman–Crippen LogP) is 2.95. The molecule has 0 aliphatic heterocycles. The van der Waals surface area contributed by atoms with E-state index in [-0.39, 0.29) is 29.4 Å². The lowest BCUT2D eigenvalue weighted by molar-refractivity contribution is -0.153. The summed E-state index contributed by atoms with van der Waals surface area (Å²) in [5, 5.41) is 5.51. The molecule has 0 heterocycles. The fraction of sp³-hybridized carbons (Fsp3) is 0.500. The first-order chi connectivity index (χ1) is 9.57. The van der Waals surface area contributed by atoms with Gasteiger partial charge in [0.25, 0.3) is 0 Å². The highest BCUT2D eigenvalue weighted by molar-refractivity contribution is 5.93. The monoisotopic (exact) mass is 304 g/mol. The normalized spacial score (nSPS) is 12.1. The van der Waals surface area contributed by atoms with E-state index in [0.29, 0.717) is 0 Å². The van der Waals surface area contributed by atoms with Gasteiger partial charge in [-0.05, 0) is 32.9 Å². The van der Waals surface area contributed by atoms with Crippen molar-refractivity contribution in [3.8, 4) is 5.75 Å². The molecule has 0 fully saturated rings. The lowest BCUT2D eigenvalue weighted by Gasteiger charge is -2.20. The average molecular weight is 304 g/mol. The summed E-state index contributed by atoms with van der Waals surface area (Å²) in [6.45, 7) is 4.36. The summed E-state index contributed by atoms with van der Waals surface area (Å²) in [4.78, 5) is 11.8. The molecule has 7 heteroatoms. The molecule has 0 atom stereocenters.